The van der Waals surface area contributed by atoms with E-state index >= 15 is 0 Å². The van der Waals surface area contributed by atoms with Crippen LogP contribution in [0, 0.1) is 11.7 Å². The Morgan fingerprint density at radius 2 is 1.62 bits per heavy atom. The Hall–Kier alpha value is -3.09. The standard InChI is InChI=1S/C25H31FN4O2/c26-21-9-11-22(12-10-21)27-25(32)30-14-4-5-20(19-30)8-13-24(31)29-17-15-28(16-18-29)23-6-2-1-3-7-23/h1-3,6-7,9-12,20H,4-5,8,13-19H2,(H,27,32). The second-order valence-electron chi connectivity index (χ2n) is 8.63. The number of piperazine rings is 1. The number of anilines is 2. The lowest BCUT2D eigenvalue weighted by Gasteiger charge is -2.37. The molecule has 2 aliphatic rings. The third-order valence-electron chi connectivity index (χ3n) is 6.42. The van der Waals surface area contributed by atoms with Gasteiger partial charge in [-0.1, -0.05) is 18.2 Å². The molecule has 1 unspecified atom stereocenters. The highest BCUT2D eigenvalue weighted by molar-refractivity contribution is 5.89. The number of urea groups is 1. The first-order chi connectivity index (χ1) is 15.6. The fourth-order valence-electron chi connectivity index (χ4n) is 4.56. The highest BCUT2D eigenvalue weighted by Gasteiger charge is 2.26. The Kier molecular flexibility index (Phi) is 7.24. The van der Waals surface area contributed by atoms with Gasteiger partial charge in [-0.2, -0.15) is 0 Å². The number of piperidine rings is 1. The molecule has 2 aromatic carbocycles. The Balaban J connectivity index is 1.20. The maximum atomic E-state index is 13.1. The summed E-state index contributed by atoms with van der Waals surface area (Å²) in [5, 5.41) is 2.83. The summed E-state index contributed by atoms with van der Waals surface area (Å²) >= 11 is 0. The molecule has 0 aromatic heterocycles. The average molecular weight is 439 g/mol. The molecule has 2 heterocycles. The SMILES string of the molecule is O=C(CCC1CCCN(C(=O)Nc2ccc(F)cc2)C1)N1CCN(c2ccccc2)CC1. The Morgan fingerprint density at radius 3 is 2.34 bits per heavy atom. The third kappa shape index (κ3) is 5.78. The molecule has 6 nitrogen and oxygen atoms in total. The number of rotatable bonds is 5. The molecular weight excluding hydrogens is 407 g/mol. The summed E-state index contributed by atoms with van der Waals surface area (Å²) in [5.41, 5.74) is 1.80. The van der Waals surface area contributed by atoms with Gasteiger partial charge < -0.3 is 20.0 Å². The zero-order valence-electron chi connectivity index (χ0n) is 18.4. The van der Waals surface area contributed by atoms with Crippen molar-refractivity contribution in [1.82, 2.24) is 9.80 Å². The minimum Gasteiger partial charge on any atom is -0.368 e. The van der Waals surface area contributed by atoms with Crippen molar-refractivity contribution in [3.63, 3.8) is 0 Å². The predicted octanol–water partition coefficient (Wildman–Crippen LogP) is 4.20. The van der Waals surface area contributed by atoms with Crippen LogP contribution in [0.1, 0.15) is 25.7 Å². The van der Waals surface area contributed by atoms with Gasteiger partial charge in [0, 0.05) is 57.1 Å². The Morgan fingerprint density at radius 1 is 0.906 bits per heavy atom. The van der Waals surface area contributed by atoms with Crippen molar-refractivity contribution in [1.29, 1.82) is 0 Å². The smallest absolute Gasteiger partial charge is 0.321 e. The van der Waals surface area contributed by atoms with Gasteiger partial charge in [-0.25, -0.2) is 9.18 Å². The molecule has 0 aliphatic carbocycles. The van der Waals surface area contributed by atoms with E-state index in [-0.39, 0.29) is 17.8 Å². The van der Waals surface area contributed by atoms with Crippen LogP contribution in [0.5, 0.6) is 0 Å². The number of nitrogens with zero attached hydrogens (tertiary/aromatic N) is 3. The van der Waals surface area contributed by atoms with Gasteiger partial charge in [0.1, 0.15) is 5.82 Å². The van der Waals surface area contributed by atoms with Gasteiger partial charge in [0.15, 0.2) is 0 Å². The van der Waals surface area contributed by atoms with Crippen LogP contribution in [-0.2, 0) is 4.79 Å². The zero-order chi connectivity index (χ0) is 22.3. The molecule has 170 valence electrons. The molecule has 0 spiro atoms. The number of para-hydroxylation sites is 1. The van der Waals surface area contributed by atoms with Crippen LogP contribution < -0.4 is 10.2 Å². The molecule has 32 heavy (non-hydrogen) atoms. The molecule has 2 fully saturated rings. The molecule has 0 radical (unpaired) electrons. The highest BCUT2D eigenvalue weighted by atomic mass is 19.1. The van der Waals surface area contributed by atoms with Crippen LogP contribution in [0.4, 0.5) is 20.6 Å². The lowest BCUT2D eigenvalue weighted by molar-refractivity contribution is -0.131. The minimum absolute atomic E-state index is 0.162. The van der Waals surface area contributed by atoms with Crippen LogP contribution >= 0.6 is 0 Å². The van der Waals surface area contributed by atoms with E-state index in [4.69, 9.17) is 0 Å². The number of benzene rings is 2. The molecule has 0 bridgehead atoms. The quantitative estimate of drug-likeness (QED) is 0.761. The van der Waals surface area contributed by atoms with Crippen LogP contribution in [0.3, 0.4) is 0 Å². The second-order valence-corrected chi connectivity index (χ2v) is 8.63. The van der Waals surface area contributed by atoms with E-state index in [9.17, 15) is 14.0 Å². The van der Waals surface area contributed by atoms with Gasteiger partial charge in [0.05, 0.1) is 0 Å². The number of amides is 3. The fraction of sp³-hybridized carbons (Fsp3) is 0.440. The Bertz CT molecular complexity index is 898. The Labute approximate surface area is 189 Å². The number of hydrogen-bond acceptors (Lipinski definition) is 3. The molecule has 1 atom stereocenters. The largest absolute Gasteiger partial charge is 0.368 e. The minimum atomic E-state index is -0.327. The lowest BCUT2D eigenvalue weighted by Crippen LogP contribution is -2.49. The number of nitrogens with one attached hydrogen (secondary N) is 1. The van der Waals surface area contributed by atoms with Crippen LogP contribution in [0.2, 0.25) is 0 Å². The van der Waals surface area contributed by atoms with Crippen molar-refractivity contribution in [2.45, 2.75) is 25.7 Å². The van der Waals surface area contributed by atoms with Gasteiger partial charge in [0.2, 0.25) is 5.91 Å². The van der Waals surface area contributed by atoms with Crippen molar-refractivity contribution in [3.8, 4) is 0 Å². The number of carbonyl (C=O) groups is 2. The number of likely N-dealkylation sites (tertiary alicyclic amines) is 1. The van der Waals surface area contributed by atoms with Gasteiger partial charge in [-0.05, 0) is 61.6 Å². The first-order valence-corrected chi connectivity index (χ1v) is 11.5. The number of halogens is 1. The van der Waals surface area contributed by atoms with E-state index < -0.39 is 0 Å². The van der Waals surface area contributed by atoms with Gasteiger partial charge in [-0.15, -0.1) is 0 Å². The van der Waals surface area contributed by atoms with Crippen LogP contribution in [-0.4, -0.2) is 61.0 Å². The van der Waals surface area contributed by atoms with E-state index in [2.05, 4.69) is 22.3 Å². The average Bonchev–Trinajstić information content (AvgIpc) is 2.85. The van der Waals surface area contributed by atoms with E-state index in [0.717, 1.165) is 45.4 Å². The first kappa shape index (κ1) is 22.1. The second kappa shape index (κ2) is 10.5. The van der Waals surface area contributed by atoms with Gasteiger partial charge in [0.25, 0.3) is 0 Å². The summed E-state index contributed by atoms with van der Waals surface area (Å²) < 4.78 is 13.1. The van der Waals surface area contributed by atoms with Crippen molar-refractivity contribution in [3.05, 3.63) is 60.4 Å². The lowest BCUT2D eigenvalue weighted by atomic mass is 9.93. The summed E-state index contributed by atoms with van der Waals surface area (Å²) in [6.07, 6.45) is 3.31. The van der Waals surface area contributed by atoms with E-state index in [1.165, 1.54) is 17.8 Å². The molecule has 0 saturated carbocycles. The van der Waals surface area contributed by atoms with Crippen LogP contribution in [0.25, 0.3) is 0 Å². The first-order valence-electron chi connectivity index (χ1n) is 11.5. The molecule has 2 saturated heterocycles. The molecule has 1 N–H and O–H groups in total. The maximum absolute atomic E-state index is 13.1. The van der Waals surface area contributed by atoms with Crippen molar-refractivity contribution < 1.29 is 14.0 Å². The summed E-state index contributed by atoms with van der Waals surface area (Å²) in [5.74, 6) is 0.218. The van der Waals surface area contributed by atoms with Gasteiger partial charge >= 0.3 is 6.03 Å². The predicted molar refractivity (Wildman–Crippen MR) is 124 cm³/mol. The molecule has 2 aromatic rings. The van der Waals surface area contributed by atoms with Crippen molar-refractivity contribution in [2.24, 2.45) is 5.92 Å². The fourth-order valence-corrected chi connectivity index (χ4v) is 4.56. The van der Waals surface area contributed by atoms with E-state index in [1.54, 1.807) is 17.0 Å². The summed E-state index contributed by atoms with van der Waals surface area (Å²) in [7, 11) is 0. The molecule has 7 heteroatoms. The molecular formula is C25H31FN4O2. The number of hydrogen-bond donors (Lipinski definition) is 1. The third-order valence-corrected chi connectivity index (χ3v) is 6.42. The van der Waals surface area contributed by atoms with E-state index in [0.29, 0.717) is 31.1 Å². The topological polar surface area (TPSA) is 55.9 Å². The molecule has 2 aliphatic heterocycles. The monoisotopic (exact) mass is 438 g/mol. The van der Waals surface area contributed by atoms with Gasteiger partial charge in [-0.3, -0.25) is 4.79 Å². The zero-order valence-corrected chi connectivity index (χ0v) is 18.4. The number of carbonyl (C=O) groups excluding carboxylic acids is 2. The van der Waals surface area contributed by atoms with Crippen LogP contribution in [0.15, 0.2) is 54.6 Å². The normalized spacial score (nSPS) is 19.0. The molecule has 3 amide bonds. The molecule has 4 rings (SSSR count). The van der Waals surface area contributed by atoms with Crippen molar-refractivity contribution in [2.75, 3.05) is 49.5 Å². The summed E-state index contributed by atoms with van der Waals surface area (Å²) in [6, 6.07) is 15.9. The highest BCUT2D eigenvalue weighted by Crippen LogP contribution is 2.23. The summed E-state index contributed by atoms with van der Waals surface area (Å²) in [4.78, 5) is 31.4. The van der Waals surface area contributed by atoms with Crippen molar-refractivity contribution >= 4 is 23.3 Å². The summed E-state index contributed by atoms with van der Waals surface area (Å²) in [6.45, 7) is 4.59. The van der Waals surface area contributed by atoms with E-state index in [1.807, 2.05) is 23.1 Å². The maximum Gasteiger partial charge on any atom is 0.321 e.